The Balaban J connectivity index is 1.07. The molecular weight excluding hydrogens is 1090 g/mol. The molecule has 2 aliphatic rings. The van der Waals surface area contributed by atoms with Gasteiger partial charge in [-0.1, -0.05) is 165 Å². The van der Waals surface area contributed by atoms with E-state index in [2.05, 4.69) is 32.2 Å². The second kappa shape index (κ2) is 30.9. The summed E-state index contributed by atoms with van der Waals surface area (Å²) in [5.41, 5.74) is -1.31. The molecule has 2 saturated heterocycles. The lowest BCUT2D eigenvalue weighted by Crippen LogP contribution is -2.45. The van der Waals surface area contributed by atoms with Crippen molar-refractivity contribution < 1.29 is 47.5 Å². The molecule has 4 N–H and O–H groups in total. The number of carbonyl (C=O) groups excluding carboxylic acids is 2. The third-order valence-corrected chi connectivity index (χ3v) is 16.5. The minimum atomic E-state index is -2.06. The van der Waals surface area contributed by atoms with Crippen molar-refractivity contribution in [2.75, 3.05) is 46.3 Å². The van der Waals surface area contributed by atoms with Gasteiger partial charge < -0.3 is 38.4 Å². The molecule has 21 heteroatoms. The molecule has 0 radical (unpaired) electrons. The Kier molecular flexibility index (Phi) is 23.2. The Morgan fingerprint density at radius 3 is 1.86 bits per heavy atom. The number of imidazole rings is 1. The molecule has 8 rings (SSSR count). The van der Waals surface area contributed by atoms with Gasteiger partial charge in [0.2, 0.25) is 17.8 Å². The summed E-state index contributed by atoms with van der Waals surface area (Å²) in [5, 5.41) is 14.2. The maximum atomic E-state index is 16.6. The van der Waals surface area contributed by atoms with Crippen molar-refractivity contribution in [2.45, 2.75) is 172 Å². The quantitative estimate of drug-likeness (QED) is 0.0222. The normalized spacial score (nSPS) is 20.5. The second-order valence-electron chi connectivity index (χ2n) is 22.6. The van der Waals surface area contributed by atoms with Crippen LogP contribution in [0.5, 0.6) is 11.5 Å². The maximum absolute atomic E-state index is 16.6. The SMILES string of the molecule is CCCCCCCCCCCCCCCCCN(C[C@H]1O[C@@H](n2cnc3c(=O)[nH]c(NC(=O)C(C)C)nc32)[C@H](F)[C@@H]1O)C(=O)C[C@H]1[C@@H](OC)[C@H](n2ccc(=O)[nH]c2=O)O[C@@H]1COC(c1ccccc1)(c1ccc(OC)cc1)c1ccc(OC)cc1. The minimum absolute atomic E-state index is 0.0828. The molecule has 20 nitrogen and oxygen atoms in total. The van der Waals surface area contributed by atoms with E-state index in [1.165, 1.54) is 99.0 Å². The first-order valence-electron chi connectivity index (χ1n) is 30.2. The number of aliphatic hydroxyl groups excluding tert-OH is 1. The maximum Gasteiger partial charge on any atom is 0.330 e. The lowest BCUT2D eigenvalue weighted by Gasteiger charge is -2.37. The van der Waals surface area contributed by atoms with E-state index in [4.69, 9.17) is 28.4 Å². The standard InChI is InChI=1S/C64H85FN8O12/c1-7-8-9-10-11-12-13-14-15-16-17-18-19-20-24-36-71(39-49-55(76)53(65)60(84-49)73-41-66-54-57(73)68-62(70-59(54)78)69-58(77)42(2)3)52(75)38-48-50(85-61(56(48)82-6)72-37-35-51(74)67-63(72)79)40-83-64(43-25-22-21-23-26-43,44-27-31-46(80-4)32-28-44)45-29-33-47(81-5)34-30-45/h21-23,25-35,37,41-42,48-50,53,55-56,60-61,76H,7-20,24,36,38-40H2,1-6H3,(H,67,74,79)(H2,68,69,70,77,78)/t48-,49-,50-,53-,55-,56-,60-,61-/m1/s1. The molecule has 0 spiro atoms. The molecule has 3 aromatic carbocycles. The Morgan fingerprint density at radius 1 is 0.741 bits per heavy atom. The van der Waals surface area contributed by atoms with Gasteiger partial charge >= 0.3 is 5.69 Å². The molecule has 8 atom stereocenters. The molecule has 0 unspecified atom stereocenters. The number of amides is 2. The number of nitrogens with zero attached hydrogens (tertiary/aromatic N) is 5. The number of nitrogens with one attached hydrogen (secondary N) is 3. The number of hydrogen-bond donors (Lipinski definition) is 4. The summed E-state index contributed by atoms with van der Waals surface area (Å²) in [6, 6.07) is 25.9. The average molecular weight is 1180 g/mol. The van der Waals surface area contributed by atoms with Gasteiger partial charge in [0, 0.05) is 50.7 Å². The third-order valence-electron chi connectivity index (χ3n) is 16.5. The van der Waals surface area contributed by atoms with Crippen molar-refractivity contribution in [1.82, 2.24) is 34.0 Å². The van der Waals surface area contributed by atoms with Gasteiger partial charge in [0.15, 0.2) is 29.8 Å². The zero-order valence-corrected chi connectivity index (χ0v) is 49.9. The van der Waals surface area contributed by atoms with Crippen LogP contribution in [0.1, 0.15) is 153 Å². The number of halogens is 1. The molecule has 0 aliphatic carbocycles. The van der Waals surface area contributed by atoms with E-state index >= 15 is 9.18 Å². The second-order valence-corrected chi connectivity index (χ2v) is 22.6. The highest BCUT2D eigenvalue weighted by atomic mass is 19.1. The van der Waals surface area contributed by atoms with Gasteiger partial charge in [0.25, 0.3) is 11.1 Å². The average Bonchev–Trinajstić information content (AvgIpc) is 1.97. The van der Waals surface area contributed by atoms with E-state index in [0.717, 1.165) is 42.4 Å². The van der Waals surface area contributed by atoms with Crippen molar-refractivity contribution in [3.8, 4) is 11.5 Å². The van der Waals surface area contributed by atoms with Crippen molar-refractivity contribution in [3.05, 3.63) is 145 Å². The van der Waals surface area contributed by atoms with Crippen LogP contribution >= 0.6 is 0 Å². The van der Waals surface area contributed by atoms with Crippen LogP contribution in [0.2, 0.25) is 0 Å². The topological polar surface area (TPSA) is 243 Å². The van der Waals surface area contributed by atoms with Gasteiger partial charge in [0.1, 0.15) is 35.4 Å². The number of rotatable bonds is 33. The highest BCUT2D eigenvalue weighted by Crippen LogP contribution is 2.45. The lowest BCUT2D eigenvalue weighted by molar-refractivity contribution is -0.137. The molecule has 85 heavy (non-hydrogen) atoms. The number of aromatic amines is 2. The molecule has 2 fully saturated rings. The number of H-pyrrole nitrogens is 2. The lowest BCUT2D eigenvalue weighted by atomic mass is 9.79. The van der Waals surface area contributed by atoms with E-state index in [1.54, 1.807) is 33.0 Å². The number of benzene rings is 3. The fourth-order valence-electron chi connectivity index (χ4n) is 11.7. The van der Waals surface area contributed by atoms with Crippen molar-refractivity contribution in [3.63, 3.8) is 0 Å². The van der Waals surface area contributed by atoms with Crippen LogP contribution in [-0.2, 0) is 34.1 Å². The highest BCUT2D eigenvalue weighted by Gasteiger charge is 2.51. The van der Waals surface area contributed by atoms with Gasteiger partial charge in [-0.15, -0.1) is 0 Å². The predicted octanol–water partition coefficient (Wildman–Crippen LogP) is 9.51. The van der Waals surface area contributed by atoms with E-state index < -0.39 is 83.2 Å². The number of aromatic nitrogens is 6. The number of carbonyl (C=O) groups is 2. The molecule has 6 aromatic rings. The fourth-order valence-corrected chi connectivity index (χ4v) is 11.7. The van der Waals surface area contributed by atoms with E-state index in [1.807, 2.05) is 78.9 Å². The summed E-state index contributed by atoms with van der Waals surface area (Å²) < 4.78 is 56.9. The molecular formula is C64H85FN8O12. The number of anilines is 1. The number of unbranched alkanes of at least 4 members (excludes halogenated alkanes) is 14. The smallest absolute Gasteiger partial charge is 0.330 e. The Hall–Kier alpha value is -7.04. The van der Waals surface area contributed by atoms with Crippen LogP contribution in [0.4, 0.5) is 10.3 Å². The third kappa shape index (κ3) is 15.7. The molecule has 2 aliphatic heterocycles. The number of hydrogen-bond acceptors (Lipinski definition) is 14. The first kappa shape index (κ1) is 64.0. The van der Waals surface area contributed by atoms with Crippen molar-refractivity contribution in [2.24, 2.45) is 11.8 Å². The minimum Gasteiger partial charge on any atom is -0.497 e. The number of alkyl halides is 1. The molecule has 5 heterocycles. The summed E-state index contributed by atoms with van der Waals surface area (Å²) in [7, 11) is 4.64. The first-order chi connectivity index (χ1) is 41.2. The van der Waals surface area contributed by atoms with Crippen LogP contribution in [0.15, 0.2) is 112 Å². The van der Waals surface area contributed by atoms with Gasteiger partial charge in [-0.05, 0) is 47.4 Å². The van der Waals surface area contributed by atoms with E-state index in [-0.39, 0.29) is 49.1 Å². The number of aliphatic hydroxyl groups is 1. The summed E-state index contributed by atoms with van der Waals surface area (Å²) in [4.78, 5) is 82.1. The molecule has 460 valence electrons. The molecule has 0 bridgehead atoms. The first-order valence-corrected chi connectivity index (χ1v) is 30.2. The van der Waals surface area contributed by atoms with Gasteiger partial charge in [-0.25, -0.2) is 14.2 Å². The fraction of sp³-hybridized carbons (Fsp3) is 0.547. The summed E-state index contributed by atoms with van der Waals surface area (Å²) in [5.74, 6) is -0.960. The summed E-state index contributed by atoms with van der Waals surface area (Å²) in [6.07, 6.45) is 9.89. The van der Waals surface area contributed by atoms with Gasteiger partial charge in [-0.2, -0.15) is 4.98 Å². The number of methoxy groups -OCH3 is 3. The zero-order valence-electron chi connectivity index (χ0n) is 49.9. The molecule has 2 amide bonds. The molecule has 3 aromatic heterocycles. The van der Waals surface area contributed by atoms with Crippen molar-refractivity contribution in [1.29, 1.82) is 0 Å². The predicted molar refractivity (Wildman–Crippen MR) is 320 cm³/mol. The van der Waals surface area contributed by atoms with Crippen LogP contribution in [0.3, 0.4) is 0 Å². The molecule has 0 saturated carbocycles. The zero-order chi connectivity index (χ0) is 60.5. The van der Waals surface area contributed by atoms with Crippen LogP contribution < -0.4 is 31.6 Å². The number of fused-ring (bicyclic) bond motifs is 1. The van der Waals surface area contributed by atoms with Gasteiger partial charge in [0.05, 0.1) is 33.3 Å². The summed E-state index contributed by atoms with van der Waals surface area (Å²) in [6.45, 7) is 5.43. The van der Waals surface area contributed by atoms with Crippen LogP contribution in [0.25, 0.3) is 11.2 Å². The monoisotopic (exact) mass is 1180 g/mol. The Morgan fingerprint density at radius 2 is 1.31 bits per heavy atom. The van der Waals surface area contributed by atoms with Crippen LogP contribution in [-0.4, -0.2) is 123 Å². The Labute approximate surface area is 495 Å². The largest absolute Gasteiger partial charge is 0.497 e. The Bertz CT molecular complexity index is 3200. The highest BCUT2D eigenvalue weighted by molar-refractivity contribution is 5.91. The van der Waals surface area contributed by atoms with Gasteiger partial charge in [-0.3, -0.25) is 43.6 Å². The van der Waals surface area contributed by atoms with Crippen molar-refractivity contribution >= 4 is 28.9 Å². The van der Waals surface area contributed by atoms with Crippen LogP contribution in [0, 0.1) is 11.8 Å². The summed E-state index contributed by atoms with van der Waals surface area (Å²) >= 11 is 0. The van der Waals surface area contributed by atoms with E-state index in [9.17, 15) is 24.3 Å². The number of ether oxygens (including phenoxy) is 6. The van der Waals surface area contributed by atoms with E-state index in [0.29, 0.717) is 17.9 Å².